The number of hydrogen-bond donors (Lipinski definition) is 1. The predicted octanol–water partition coefficient (Wildman–Crippen LogP) is 4.14. The molecule has 1 aromatic carbocycles. The quantitative estimate of drug-likeness (QED) is 0.872. The summed E-state index contributed by atoms with van der Waals surface area (Å²) in [7, 11) is 0. The molecule has 0 radical (unpaired) electrons. The van der Waals surface area contributed by atoms with Gasteiger partial charge in [-0.3, -0.25) is 0 Å². The van der Waals surface area contributed by atoms with Crippen LogP contribution in [-0.2, 0) is 5.41 Å². The molecule has 0 spiro atoms. The third kappa shape index (κ3) is 3.17. The van der Waals surface area contributed by atoms with Crippen LogP contribution < -0.4 is 10.1 Å². The predicted molar refractivity (Wildman–Crippen MR) is 85.4 cm³/mol. The highest BCUT2D eigenvalue weighted by Crippen LogP contribution is 2.48. The van der Waals surface area contributed by atoms with E-state index in [1.807, 2.05) is 6.92 Å². The zero-order valence-corrected chi connectivity index (χ0v) is 13.6. The van der Waals surface area contributed by atoms with Gasteiger partial charge in [0.2, 0.25) is 0 Å². The molecule has 0 bridgehead atoms. The first-order chi connectivity index (χ1) is 9.37. The summed E-state index contributed by atoms with van der Waals surface area (Å²) in [5.41, 5.74) is 1.93. The topological polar surface area (TPSA) is 21.3 Å². The first kappa shape index (κ1) is 15.4. The minimum absolute atomic E-state index is 0.174. The summed E-state index contributed by atoms with van der Waals surface area (Å²) in [6.45, 7) is 12.9. The lowest BCUT2D eigenvalue weighted by Crippen LogP contribution is -2.53. The van der Waals surface area contributed by atoms with Crippen LogP contribution in [0.5, 0.6) is 5.75 Å². The molecule has 2 atom stereocenters. The van der Waals surface area contributed by atoms with Crippen LogP contribution in [0.4, 0.5) is 0 Å². The Hall–Kier alpha value is -1.02. The maximum absolute atomic E-state index is 5.55. The average molecular weight is 275 g/mol. The van der Waals surface area contributed by atoms with E-state index in [9.17, 15) is 0 Å². The van der Waals surface area contributed by atoms with Gasteiger partial charge >= 0.3 is 0 Å². The van der Waals surface area contributed by atoms with Gasteiger partial charge in [-0.1, -0.05) is 19.1 Å². The molecule has 2 nitrogen and oxygen atoms in total. The molecule has 2 unspecified atom stereocenters. The van der Waals surface area contributed by atoms with Crippen molar-refractivity contribution < 1.29 is 4.74 Å². The van der Waals surface area contributed by atoms with Crippen molar-refractivity contribution in [2.75, 3.05) is 13.2 Å². The van der Waals surface area contributed by atoms with Crippen molar-refractivity contribution >= 4 is 0 Å². The Morgan fingerprint density at radius 3 is 2.30 bits per heavy atom. The summed E-state index contributed by atoms with van der Waals surface area (Å²) in [4.78, 5) is 0. The second-order valence-corrected chi connectivity index (χ2v) is 7.16. The van der Waals surface area contributed by atoms with Gasteiger partial charge in [0, 0.05) is 17.5 Å². The molecule has 1 aromatic rings. The van der Waals surface area contributed by atoms with Gasteiger partial charge < -0.3 is 10.1 Å². The number of hydrogen-bond acceptors (Lipinski definition) is 2. The molecular weight excluding hydrogens is 246 g/mol. The molecule has 0 saturated heterocycles. The Labute approximate surface area is 123 Å². The molecule has 0 heterocycles. The highest BCUT2D eigenvalue weighted by molar-refractivity contribution is 5.35. The maximum atomic E-state index is 5.55. The van der Waals surface area contributed by atoms with Crippen LogP contribution in [-0.4, -0.2) is 18.7 Å². The third-order valence-corrected chi connectivity index (χ3v) is 4.64. The first-order valence-corrected chi connectivity index (χ1v) is 7.86. The minimum atomic E-state index is 0.174. The fourth-order valence-electron chi connectivity index (χ4n) is 3.05. The monoisotopic (exact) mass is 275 g/mol. The largest absolute Gasteiger partial charge is 0.494 e. The van der Waals surface area contributed by atoms with Crippen LogP contribution in [0.25, 0.3) is 0 Å². The highest BCUT2D eigenvalue weighted by atomic mass is 16.5. The molecule has 2 rings (SSSR count). The Bertz CT molecular complexity index is 432. The second-order valence-electron chi connectivity index (χ2n) is 7.16. The fraction of sp³-hybridized carbons (Fsp3) is 0.667. The van der Waals surface area contributed by atoms with Crippen molar-refractivity contribution in [2.24, 2.45) is 5.92 Å². The van der Waals surface area contributed by atoms with Crippen LogP contribution in [0.15, 0.2) is 24.3 Å². The van der Waals surface area contributed by atoms with Crippen LogP contribution in [0.2, 0.25) is 0 Å². The van der Waals surface area contributed by atoms with Crippen molar-refractivity contribution in [1.82, 2.24) is 5.32 Å². The molecule has 1 aliphatic carbocycles. The Kier molecular flexibility index (Phi) is 4.43. The van der Waals surface area contributed by atoms with Gasteiger partial charge in [0.15, 0.2) is 0 Å². The van der Waals surface area contributed by atoms with E-state index in [1.165, 1.54) is 18.4 Å². The summed E-state index contributed by atoms with van der Waals surface area (Å²) in [5, 5.41) is 3.70. The van der Waals surface area contributed by atoms with Crippen LogP contribution in [0, 0.1) is 5.92 Å². The Morgan fingerprint density at radius 1 is 1.25 bits per heavy atom. The molecule has 1 aliphatic rings. The van der Waals surface area contributed by atoms with Gasteiger partial charge in [-0.15, -0.1) is 0 Å². The molecule has 1 saturated carbocycles. The van der Waals surface area contributed by atoms with Crippen molar-refractivity contribution in [3.63, 3.8) is 0 Å². The standard InChI is InChI=1S/C18H29NO/c1-6-20-16-9-7-15(8-10-16)18(12-11-14(18)2)13-19-17(3,4)5/h7-10,14,19H,6,11-13H2,1-5H3. The minimum Gasteiger partial charge on any atom is -0.494 e. The maximum Gasteiger partial charge on any atom is 0.119 e. The molecule has 20 heavy (non-hydrogen) atoms. The number of nitrogens with one attached hydrogen (secondary N) is 1. The second kappa shape index (κ2) is 5.77. The van der Waals surface area contributed by atoms with Crippen molar-refractivity contribution in [1.29, 1.82) is 0 Å². The van der Waals surface area contributed by atoms with E-state index in [0.29, 0.717) is 5.41 Å². The summed E-state index contributed by atoms with van der Waals surface area (Å²) in [6.07, 6.45) is 2.62. The van der Waals surface area contributed by atoms with Gasteiger partial charge in [-0.05, 0) is 64.2 Å². The van der Waals surface area contributed by atoms with E-state index < -0.39 is 0 Å². The van der Waals surface area contributed by atoms with Crippen molar-refractivity contribution in [3.05, 3.63) is 29.8 Å². The summed E-state index contributed by atoms with van der Waals surface area (Å²) >= 11 is 0. The summed E-state index contributed by atoms with van der Waals surface area (Å²) in [5.74, 6) is 1.72. The molecule has 2 heteroatoms. The fourth-order valence-corrected chi connectivity index (χ4v) is 3.05. The molecule has 112 valence electrons. The lowest BCUT2D eigenvalue weighted by atomic mass is 9.57. The van der Waals surface area contributed by atoms with Crippen molar-refractivity contribution in [3.8, 4) is 5.75 Å². The lowest BCUT2D eigenvalue weighted by molar-refractivity contribution is 0.124. The van der Waals surface area contributed by atoms with Gasteiger partial charge in [0.05, 0.1) is 6.61 Å². The van der Waals surface area contributed by atoms with Crippen LogP contribution >= 0.6 is 0 Å². The Balaban J connectivity index is 2.16. The van der Waals surface area contributed by atoms with Crippen molar-refractivity contribution in [2.45, 2.75) is 58.4 Å². The molecular formula is C18H29NO. The Morgan fingerprint density at radius 2 is 1.90 bits per heavy atom. The van der Waals surface area contributed by atoms with E-state index in [-0.39, 0.29) is 5.54 Å². The average Bonchev–Trinajstić information content (AvgIpc) is 2.38. The molecule has 0 amide bonds. The SMILES string of the molecule is CCOc1ccc(C2(CNC(C)(C)C)CCC2C)cc1. The zero-order valence-electron chi connectivity index (χ0n) is 13.6. The van der Waals surface area contributed by atoms with E-state index in [0.717, 1.165) is 24.8 Å². The zero-order chi connectivity index (χ0) is 14.8. The van der Waals surface area contributed by atoms with E-state index in [4.69, 9.17) is 4.74 Å². The van der Waals surface area contributed by atoms with Gasteiger partial charge in [-0.2, -0.15) is 0 Å². The first-order valence-electron chi connectivity index (χ1n) is 7.86. The lowest BCUT2D eigenvalue weighted by Gasteiger charge is -2.50. The third-order valence-electron chi connectivity index (χ3n) is 4.64. The van der Waals surface area contributed by atoms with Gasteiger partial charge in [-0.25, -0.2) is 0 Å². The summed E-state index contributed by atoms with van der Waals surface area (Å²) in [6, 6.07) is 8.74. The normalized spacial score (nSPS) is 26.1. The van der Waals surface area contributed by atoms with E-state index in [1.54, 1.807) is 0 Å². The molecule has 1 fully saturated rings. The number of ether oxygens (including phenoxy) is 1. The highest BCUT2D eigenvalue weighted by Gasteiger charge is 2.45. The van der Waals surface area contributed by atoms with E-state index in [2.05, 4.69) is 57.3 Å². The van der Waals surface area contributed by atoms with Gasteiger partial charge in [0.25, 0.3) is 0 Å². The summed E-state index contributed by atoms with van der Waals surface area (Å²) < 4.78 is 5.55. The number of benzene rings is 1. The van der Waals surface area contributed by atoms with Crippen LogP contribution in [0.3, 0.4) is 0 Å². The van der Waals surface area contributed by atoms with Crippen LogP contribution in [0.1, 0.15) is 53.0 Å². The molecule has 0 aliphatic heterocycles. The van der Waals surface area contributed by atoms with Gasteiger partial charge in [0.1, 0.15) is 5.75 Å². The number of rotatable bonds is 5. The smallest absolute Gasteiger partial charge is 0.119 e. The molecule has 0 aromatic heterocycles. The molecule has 1 N–H and O–H groups in total. The van der Waals surface area contributed by atoms with E-state index >= 15 is 0 Å².